The van der Waals surface area contributed by atoms with Crippen molar-refractivity contribution in [3.8, 4) is 0 Å². The van der Waals surface area contributed by atoms with Crippen molar-refractivity contribution >= 4 is 13.5 Å². The van der Waals surface area contributed by atoms with Crippen molar-refractivity contribution < 1.29 is 19.1 Å². The van der Waals surface area contributed by atoms with Crippen molar-refractivity contribution in [2.75, 3.05) is 0 Å². The quantitative estimate of drug-likeness (QED) is 0.431. The Morgan fingerprint density at radius 2 is 1.92 bits per heavy atom. The summed E-state index contributed by atoms with van der Waals surface area (Å²) in [6.07, 6.45) is 0. The fourth-order valence-corrected chi connectivity index (χ4v) is 0.717. The van der Waals surface area contributed by atoms with Crippen LogP contribution in [-0.2, 0) is 9.36 Å². The monoisotopic (exact) mass is 196 g/mol. The average molecular weight is 196 g/mol. The predicted molar refractivity (Wildman–Crippen MR) is 43.3 cm³/mol. The zero-order valence-electron chi connectivity index (χ0n) is 6.89. The van der Waals surface area contributed by atoms with Crippen LogP contribution in [0.2, 0.25) is 0 Å². The van der Waals surface area contributed by atoms with E-state index in [-0.39, 0.29) is 0 Å². The third-order valence-electron chi connectivity index (χ3n) is 1.27. The molecule has 0 aliphatic carbocycles. The van der Waals surface area contributed by atoms with E-state index in [2.05, 4.69) is 5.32 Å². The van der Waals surface area contributed by atoms with Gasteiger partial charge in [-0.2, -0.15) is 0 Å². The second-order valence-electron chi connectivity index (χ2n) is 2.56. The number of carbonyl (C=O) groups excluding carboxylic acids is 1. The molecule has 0 fully saturated rings. The number of rotatable bonds is 3. The van der Waals surface area contributed by atoms with Crippen LogP contribution in [0.5, 0.6) is 0 Å². The zero-order valence-corrected chi connectivity index (χ0v) is 7.78. The van der Waals surface area contributed by atoms with E-state index < -0.39 is 25.3 Å². The van der Waals surface area contributed by atoms with Crippen molar-refractivity contribution in [2.24, 2.45) is 5.73 Å². The summed E-state index contributed by atoms with van der Waals surface area (Å²) in [4.78, 5) is 28.0. The summed E-state index contributed by atoms with van der Waals surface area (Å²) < 4.78 is 10.5. The van der Waals surface area contributed by atoms with Crippen LogP contribution < -0.4 is 11.1 Å². The molecule has 1 amide bonds. The van der Waals surface area contributed by atoms with Gasteiger partial charge in [0.15, 0.2) is 0 Å². The normalized spacial score (nSPS) is 16.8. The smallest absolute Gasteiger partial charge is 0.341 e. The van der Waals surface area contributed by atoms with Crippen LogP contribution in [0, 0.1) is 0 Å². The Balaban J connectivity index is 4.11. The minimum atomic E-state index is -4.24. The first-order valence-electron chi connectivity index (χ1n) is 3.36. The number of hydrogen-bond donors (Lipinski definition) is 4. The van der Waals surface area contributed by atoms with Gasteiger partial charge in [0.2, 0.25) is 5.91 Å². The Morgan fingerprint density at radius 1 is 1.50 bits per heavy atom. The molecule has 6 nitrogen and oxygen atoms in total. The molecule has 0 aromatic carbocycles. The summed E-state index contributed by atoms with van der Waals surface area (Å²) in [5.74, 6) is -1.76. The summed E-state index contributed by atoms with van der Waals surface area (Å²) in [5.41, 5.74) is 5.16. The van der Waals surface area contributed by atoms with Gasteiger partial charge in [-0.05, 0) is 13.8 Å². The molecule has 0 saturated heterocycles. The largest absolute Gasteiger partial charge is 0.347 e. The van der Waals surface area contributed by atoms with E-state index in [1.165, 1.54) is 13.8 Å². The first kappa shape index (κ1) is 11.6. The zero-order chi connectivity index (χ0) is 9.94. The lowest BCUT2D eigenvalue weighted by molar-refractivity contribution is -0.122. The van der Waals surface area contributed by atoms with E-state index in [0.717, 1.165) is 0 Å². The molecule has 5 N–H and O–H groups in total. The molecule has 12 heavy (non-hydrogen) atoms. The number of amides is 1. The highest BCUT2D eigenvalue weighted by Gasteiger charge is 2.26. The molecule has 1 unspecified atom stereocenters. The summed E-state index contributed by atoms with van der Waals surface area (Å²) >= 11 is 0. The Kier molecular flexibility index (Phi) is 3.86. The van der Waals surface area contributed by atoms with Gasteiger partial charge >= 0.3 is 7.60 Å². The number of hydrogen-bond acceptors (Lipinski definition) is 3. The van der Waals surface area contributed by atoms with Crippen molar-refractivity contribution in [1.82, 2.24) is 5.32 Å². The predicted octanol–water partition coefficient (Wildman–Crippen LogP) is -1.03. The lowest BCUT2D eigenvalue weighted by atomic mass is 10.3. The van der Waals surface area contributed by atoms with Crippen LogP contribution in [-0.4, -0.2) is 27.5 Å². The minimum Gasteiger partial charge on any atom is -0.341 e. The summed E-state index contributed by atoms with van der Waals surface area (Å²) in [6, 6.07) is -0.765. The number of nitrogens with one attached hydrogen (secondary N) is 1. The summed E-state index contributed by atoms with van der Waals surface area (Å²) in [7, 11) is -4.24. The van der Waals surface area contributed by atoms with E-state index >= 15 is 0 Å². The maximum absolute atomic E-state index is 10.8. The Bertz CT molecular complexity index is 211. The molecule has 0 heterocycles. The van der Waals surface area contributed by atoms with Gasteiger partial charge in [-0.1, -0.05) is 0 Å². The first-order valence-corrected chi connectivity index (χ1v) is 5.04. The molecule has 72 valence electrons. The van der Waals surface area contributed by atoms with Crippen molar-refractivity contribution in [3.05, 3.63) is 0 Å². The summed E-state index contributed by atoms with van der Waals surface area (Å²) in [5, 5.41) is 2.09. The molecule has 2 atom stereocenters. The van der Waals surface area contributed by atoms with Crippen molar-refractivity contribution in [2.45, 2.75) is 25.7 Å². The molecular weight excluding hydrogens is 183 g/mol. The number of carbonyl (C=O) groups is 1. The van der Waals surface area contributed by atoms with Gasteiger partial charge < -0.3 is 20.8 Å². The lowest BCUT2D eigenvalue weighted by Gasteiger charge is -2.16. The SMILES string of the molecule is CC(NC(=O)[C@@H](C)N)P(=O)(O)O. The number of nitrogens with two attached hydrogens (primary N) is 1. The van der Waals surface area contributed by atoms with Gasteiger partial charge in [0.25, 0.3) is 0 Å². The van der Waals surface area contributed by atoms with Gasteiger partial charge in [-0.15, -0.1) is 0 Å². The van der Waals surface area contributed by atoms with E-state index in [4.69, 9.17) is 15.5 Å². The summed E-state index contributed by atoms with van der Waals surface area (Å²) in [6.45, 7) is 2.66. The van der Waals surface area contributed by atoms with Crippen LogP contribution in [0.4, 0.5) is 0 Å². The highest BCUT2D eigenvalue weighted by molar-refractivity contribution is 7.52. The second kappa shape index (κ2) is 4.00. The topological polar surface area (TPSA) is 113 Å². The highest BCUT2D eigenvalue weighted by atomic mass is 31.2. The fraction of sp³-hybridized carbons (Fsp3) is 0.800. The third-order valence-corrected chi connectivity index (χ3v) is 2.41. The van der Waals surface area contributed by atoms with Gasteiger partial charge in [-0.3, -0.25) is 9.36 Å². The maximum Gasteiger partial charge on any atom is 0.347 e. The van der Waals surface area contributed by atoms with Crippen LogP contribution in [0.25, 0.3) is 0 Å². The van der Waals surface area contributed by atoms with E-state index in [1.807, 2.05) is 0 Å². The third kappa shape index (κ3) is 3.82. The van der Waals surface area contributed by atoms with Gasteiger partial charge in [0.05, 0.1) is 6.04 Å². The molecule has 0 spiro atoms. The standard InChI is InChI=1S/C5H13N2O4P/c1-3(6)5(8)7-4(2)12(9,10)11/h3-4H,6H2,1-2H3,(H,7,8)(H2,9,10,11)/t3-,4?/m1/s1. The molecule has 0 bridgehead atoms. The molecule has 0 aromatic rings. The molecule has 0 saturated carbocycles. The molecule has 0 aliphatic rings. The van der Waals surface area contributed by atoms with E-state index in [9.17, 15) is 9.36 Å². The Morgan fingerprint density at radius 3 is 2.17 bits per heavy atom. The fourth-order valence-electron chi connectivity index (χ4n) is 0.421. The van der Waals surface area contributed by atoms with Gasteiger partial charge in [0.1, 0.15) is 5.78 Å². The molecule has 0 radical (unpaired) electrons. The van der Waals surface area contributed by atoms with Crippen LogP contribution in [0.15, 0.2) is 0 Å². The van der Waals surface area contributed by atoms with Gasteiger partial charge in [0, 0.05) is 0 Å². The molecule has 0 aromatic heterocycles. The van der Waals surface area contributed by atoms with Crippen LogP contribution in [0.3, 0.4) is 0 Å². The highest BCUT2D eigenvalue weighted by Crippen LogP contribution is 2.38. The molecular formula is C5H13N2O4P. The van der Waals surface area contributed by atoms with E-state index in [1.54, 1.807) is 0 Å². The first-order chi connectivity index (χ1) is 5.25. The van der Waals surface area contributed by atoms with Crippen LogP contribution >= 0.6 is 7.60 Å². The Labute approximate surface area is 70.3 Å². The van der Waals surface area contributed by atoms with Crippen molar-refractivity contribution in [3.63, 3.8) is 0 Å². The van der Waals surface area contributed by atoms with E-state index in [0.29, 0.717) is 0 Å². The van der Waals surface area contributed by atoms with Crippen molar-refractivity contribution in [1.29, 1.82) is 0 Å². The van der Waals surface area contributed by atoms with Gasteiger partial charge in [-0.25, -0.2) is 0 Å². The second-order valence-corrected chi connectivity index (χ2v) is 4.52. The Hall–Kier alpha value is -0.420. The molecule has 0 rings (SSSR count). The average Bonchev–Trinajstić information content (AvgIpc) is 1.85. The lowest BCUT2D eigenvalue weighted by Crippen LogP contribution is -2.42. The minimum absolute atomic E-state index is 0.578. The molecule has 7 heteroatoms. The maximum atomic E-state index is 10.8. The van der Waals surface area contributed by atoms with Crippen LogP contribution in [0.1, 0.15) is 13.8 Å². The molecule has 0 aliphatic heterocycles.